The number of nitrogens with zero attached hydrogens (tertiary/aromatic N) is 2. The number of carbonyl (C=O) groups is 2. The van der Waals surface area contributed by atoms with Crippen LogP contribution >= 0.6 is 28.3 Å². The lowest BCUT2D eigenvalue weighted by atomic mass is 10.0. The lowest BCUT2D eigenvalue weighted by Crippen LogP contribution is -2.29. The number of likely N-dealkylation sites (N-methyl/N-ethyl adjacent to an activating group) is 1. The highest BCUT2D eigenvalue weighted by Gasteiger charge is 2.17. The van der Waals surface area contributed by atoms with E-state index in [4.69, 9.17) is 0 Å². The Labute approximate surface area is 191 Å². The Balaban J connectivity index is 0.00000450. The van der Waals surface area contributed by atoms with Crippen LogP contribution in [0.25, 0.3) is 0 Å². The predicted octanol–water partition coefficient (Wildman–Crippen LogP) is 5.27. The van der Waals surface area contributed by atoms with Crippen LogP contribution in [0.3, 0.4) is 0 Å². The van der Waals surface area contributed by atoms with E-state index >= 15 is 0 Å². The summed E-state index contributed by atoms with van der Waals surface area (Å²) in [6, 6.07) is 11.1. The number of amides is 1. The Morgan fingerprint density at radius 2 is 1.63 bits per heavy atom. The molecule has 0 spiro atoms. The molecule has 0 saturated carbocycles. The molecule has 2 rings (SSSR count). The second-order valence-electron chi connectivity index (χ2n) is 6.61. The molecule has 0 fully saturated rings. The SMILES string of the molecule is C=CCN(C)CC=CCN(C(C)=O)c1ccc(C(=O)c2ccc(Br)cc2)cc1F.Cl. The Morgan fingerprint density at radius 3 is 2.20 bits per heavy atom. The third-order valence-corrected chi connectivity index (χ3v) is 4.83. The fraction of sp³-hybridized carbons (Fsp3) is 0.217. The Kier molecular flexibility index (Phi) is 10.7. The number of anilines is 1. The number of halogens is 3. The zero-order valence-corrected chi connectivity index (χ0v) is 19.4. The molecule has 0 aromatic heterocycles. The lowest BCUT2D eigenvalue weighted by molar-refractivity contribution is -0.116. The highest BCUT2D eigenvalue weighted by atomic mass is 79.9. The van der Waals surface area contributed by atoms with Crippen molar-refractivity contribution in [2.45, 2.75) is 6.92 Å². The molecule has 2 aromatic carbocycles. The largest absolute Gasteiger partial charge is 0.306 e. The van der Waals surface area contributed by atoms with Gasteiger partial charge in [0, 0.05) is 42.2 Å². The van der Waals surface area contributed by atoms with Gasteiger partial charge in [-0.25, -0.2) is 4.39 Å². The van der Waals surface area contributed by atoms with Gasteiger partial charge in [0.15, 0.2) is 5.78 Å². The molecule has 0 bridgehead atoms. The van der Waals surface area contributed by atoms with Gasteiger partial charge in [-0.15, -0.1) is 19.0 Å². The van der Waals surface area contributed by atoms with Crippen molar-refractivity contribution >= 4 is 45.7 Å². The van der Waals surface area contributed by atoms with Crippen LogP contribution in [0.4, 0.5) is 10.1 Å². The average Bonchev–Trinajstić information content (AvgIpc) is 2.68. The molecule has 0 aliphatic carbocycles. The third kappa shape index (κ3) is 7.20. The first-order chi connectivity index (χ1) is 13.8. The van der Waals surface area contributed by atoms with Gasteiger partial charge in [-0.2, -0.15) is 0 Å². The Bertz CT molecular complexity index is 916. The molecular weight excluding hydrogens is 471 g/mol. The van der Waals surface area contributed by atoms with Crippen molar-refractivity contribution in [3.63, 3.8) is 0 Å². The second-order valence-corrected chi connectivity index (χ2v) is 7.53. The molecular formula is C23H25BrClFN2O2. The molecule has 0 aliphatic heterocycles. The minimum absolute atomic E-state index is 0. The van der Waals surface area contributed by atoms with E-state index in [2.05, 4.69) is 22.5 Å². The minimum atomic E-state index is -0.611. The molecule has 160 valence electrons. The van der Waals surface area contributed by atoms with E-state index in [1.54, 1.807) is 30.3 Å². The van der Waals surface area contributed by atoms with Crippen molar-refractivity contribution in [3.05, 3.63) is 88.7 Å². The van der Waals surface area contributed by atoms with Crippen LogP contribution < -0.4 is 4.90 Å². The molecule has 0 unspecified atom stereocenters. The molecule has 2 aromatic rings. The third-order valence-electron chi connectivity index (χ3n) is 4.30. The fourth-order valence-corrected chi connectivity index (χ4v) is 3.03. The van der Waals surface area contributed by atoms with E-state index in [9.17, 15) is 14.0 Å². The quantitative estimate of drug-likeness (QED) is 0.352. The van der Waals surface area contributed by atoms with E-state index in [0.717, 1.165) is 11.0 Å². The van der Waals surface area contributed by atoms with Crippen LogP contribution in [0.15, 0.2) is 71.7 Å². The van der Waals surface area contributed by atoms with Gasteiger partial charge in [-0.1, -0.05) is 34.2 Å². The van der Waals surface area contributed by atoms with Crippen molar-refractivity contribution in [3.8, 4) is 0 Å². The van der Waals surface area contributed by atoms with Gasteiger partial charge < -0.3 is 4.90 Å². The van der Waals surface area contributed by atoms with Gasteiger partial charge in [0.05, 0.1) is 5.69 Å². The number of benzene rings is 2. The maximum absolute atomic E-state index is 14.7. The molecule has 0 aliphatic rings. The lowest BCUT2D eigenvalue weighted by Gasteiger charge is -2.20. The molecule has 7 heteroatoms. The smallest absolute Gasteiger partial charge is 0.224 e. The number of carbonyl (C=O) groups excluding carboxylic acids is 2. The van der Waals surface area contributed by atoms with Crippen molar-refractivity contribution in [2.24, 2.45) is 0 Å². The summed E-state index contributed by atoms with van der Waals surface area (Å²) in [7, 11) is 1.95. The number of rotatable bonds is 9. The summed E-state index contributed by atoms with van der Waals surface area (Å²) in [5.74, 6) is -1.16. The first-order valence-electron chi connectivity index (χ1n) is 9.16. The standard InChI is InChI=1S/C23H24BrFN2O2.ClH/c1-4-13-26(3)14-5-6-15-27(17(2)28)22-12-9-19(16-21(22)25)23(29)18-7-10-20(24)11-8-18;/h4-12,16H,1,13-15H2,2-3H3;1H. The average molecular weight is 496 g/mol. The van der Waals surface area contributed by atoms with Crippen LogP contribution in [-0.4, -0.2) is 43.3 Å². The first kappa shape index (κ1) is 25.8. The summed E-state index contributed by atoms with van der Waals surface area (Å²) in [5, 5.41) is 0. The van der Waals surface area contributed by atoms with Gasteiger partial charge in [0.1, 0.15) is 5.82 Å². The van der Waals surface area contributed by atoms with Gasteiger partial charge in [-0.3, -0.25) is 14.5 Å². The monoisotopic (exact) mass is 494 g/mol. The Hall–Kier alpha value is -2.28. The van der Waals surface area contributed by atoms with E-state index in [0.29, 0.717) is 12.1 Å². The summed E-state index contributed by atoms with van der Waals surface area (Å²) < 4.78 is 15.6. The van der Waals surface area contributed by atoms with Crippen LogP contribution in [0.1, 0.15) is 22.8 Å². The molecule has 0 atom stereocenters. The zero-order chi connectivity index (χ0) is 21.4. The van der Waals surface area contributed by atoms with Crippen LogP contribution in [0.5, 0.6) is 0 Å². The zero-order valence-electron chi connectivity index (χ0n) is 17.0. The normalized spacial score (nSPS) is 10.7. The molecule has 0 radical (unpaired) electrons. The van der Waals surface area contributed by atoms with E-state index in [1.165, 1.54) is 24.0 Å². The van der Waals surface area contributed by atoms with Crippen molar-refractivity contribution in [2.75, 3.05) is 31.6 Å². The number of hydrogen-bond acceptors (Lipinski definition) is 3. The van der Waals surface area contributed by atoms with E-state index in [-0.39, 0.29) is 41.9 Å². The molecule has 30 heavy (non-hydrogen) atoms. The van der Waals surface area contributed by atoms with E-state index < -0.39 is 5.82 Å². The second kappa shape index (κ2) is 12.4. The van der Waals surface area contributed by atoms with Crippen molar-refractivity contribution in [1.82, 2.24) is 4.90 Å². The molecule has 0 N–H and O–H groups in total. The maximum atomic E-state index is 14.7. The molecule has 0 heterocycles. The van der Waals surface area contributed by atoms with E-state index in [1.807, 2.05) is 30.2 Å². The van der Waals surface area contributed by atoms with Crippen LogP contribution in [0, 0.1) is 5.82 Å². The maximum Gasteiger partial charge on any atom is 0.224 e. The fourth-order valence-electron chi connectivity index (χ4n) is 2.76. The van der Waals surface area contributed by atoms with Crippen LogP contribution in [0.2, 0.25) is 0 Å². The minimum Gasteiger partial charge on any atom is -0.306 e. The Morgan fingerprint density at radius 1 is 1.03 bits per heavy atom. The van der Waals surface area contributed by atoms with Gasteiger partial charge in [0.25, 0.3) is 0 Å². The summed E-state index contributed by atoms with van der Waals surface area (Å²) in [6.07, 6.45) is 5.55. The molecule has 1 amide bonds. The van der Waals surface area contributed by atoms with Gasteiger partial charge >= 0.3 is 0 Å². The topological polar surface area (TPSA) is 40.6 Å². The first-order valence-corrected chi connectivity index (χ1v) is 9.95. The molecule has 0 saturated heterocycles. The number of hydrogen-bond donors (Lipinski definition) is 0. The summed E-state index contributed by atoms with van der Waals surface area (Å²) in [4.78, 5) is 28.0. The highest BCUT2D eigenvalue weighted by Crippen LogP contribution is 2.23. The molecule has 4 nitrogen and oxygen atoms in total. The summed E-state index contributed by atoms with van der Waals surface area (Å²) in [5.41, 5.74) is 0.850. The van der Waals surface area contributed by atoms with Crippen molar-refractivity contribution in [1.29, 1.82) is 0 Å². The number of ketones is 1. The van der Waals surface area contributed by atoms with Crippen molar-refractivity contribution < 1.29 is 14.0 Å². The van der Waals surface area contributed by atoms with Gasteiger partial charge in [-0.05, 0) is 49.5 Å². The summed E-state index contributed by atoms with van der Waals surface area (Å²) in [6.45, 7) is 6.77. The highest BCUT2D eigenvalue weighted by molar-refractivity contribution is 9.10. The van der Waals surface area contributed by atoms with Crippen LogP contribution in [-0.2, 0) is 4.79 Å². The van der Waals surface area contributed by atoms with Gasteiger partial charge in [0.2, 0.25) is 5.91 Å². The predicted molar refractivity (Wildman–Crippen MR) is 126 cm³/mol. The summed E-state index contributed by atoms with van der Waals surface area (Å²) >= 11 is 3.32.